The highest BCUT2D eigenvalue weighted by Crippen LogP contribution is 2.56. The molecule has 1 N–H and O–H groups in total. The van der Waals surface area contributed by atoms with Gasteiger partial charge in [-0.05, 0) is 37.5 Å². The van der Waals surface area contributed by atoms with Crippen molar-refractivity contribution in [3.63, 3.8) is 0 Å². The molecule has 0 radical (unpaired) electrons. The minimum absolute atomic E-state index is 0.0407. The van der Waals surface area contributed by atoms with E-state index < -0.39 is 11.4 Å². The molecule has 3 atom stereocenters. The molecule has 5 nitrogen and oxygen atoms in total. The van der Waals surface area contributed by atoms with Gasteiger partial charge in [0.2, 0.25) is 6.54 Å². The van der Waals surface area contributed by atoms with Crippen molar-refractivity contribution in [1.29, 1.82) is 0 Å². The summed E-state index contributed by atoms with van der Waals surface area (Å²) in [5.74, 6) is 0.215. The van der Waals surface area contributed by atoms with Crippen LogP contribution in [0.25, 0.3) is 0 Å². The zero-order valence-corrected chi connectivity index (χ0v) is 8.52. The Labute approximate surface area is 87.6 Å². The van der Waals surface area contributed by atoms with Crippen molar-refractivity contribution in [3.05, 3.63) is 10.1 Å². The standard InChI is InChI=1S/C10H15NO4/c12-9(13)5-10(6-11(14)15)3-7-1-2-8(7)4-10/h7-8H,1-6H2,(H,12,13)/t7-,8+,10?. The quantitative estimate of drug-likeness (QED) is 0.567. The van der Waals surface area contributed by atoms with Gasteiger partial charge >= 0.3 is 5.97 Å². The molecule has 0 amide bonds. The van der Waals surface area contributed by atoms with Gasteiger partial charge in [-0.2, -0.15) is 0 Å². The first-order valence-corrected chi connectivity index (χ1v) is 5.34. The zero-order chi connectivity index (χ0) is 11.1. The van der Waals surface area contributed by atoms with Crippen LogP contribution in [0.1, 0.15) is 32.1 Å². The highest BCUT2D eigenvalue weighted by Gasteiger charge is 2.52. The summed E-state index contributed by atoms with van der Waals surface area (Å²) in [6, 6.07) is 0. The lowest BCUT2D eigenvalue weighted by molar-refractivity contribution is -0.497. The molecule has 0 aliphatic heterocycles. The Hall–Kier alpha value is -1.13. The maximum atomic E-state index is 10.8. The Bertz CT molecular complexity index is 272. The summed E-state index contributed by atoms with van der Waals surface area (Å²) in [4.78, 5) is 21.0. The minimum atomic E-state index is -0.904. The number of carboxylic acid groups (broad SMARTS) is 1. The summed E-state index contributed by atoms with van der Waals surface area (Å²) in [6.07, 6.45) is 3.70. The number of nitrogens with zero attached hydrogens (tertiary/aromatic N) is 1. The van der Waals surface area contributed by atoms with Crippen LogP contribution in [0, 0.1) is 27.4 Å². The van der Waals surface area contributed by atoms with Crippen LogP contribution in [-0.2, 0) is 4.79 Å². The SMILES string of the molecule is O=C(O)CC1(C[N+](=O)[O-])C[C@H]2CC[C@H]2C1. The molecule has 2 fully saturated rings. The van der Waals surface area contributed by atoms with Crippen molar-refractivity contribution >= 4 is 5.97 Å². The van der Waals surface area contributed by atoms with E-state index in [0.29, 0.717) is 11.8 Å². The Morgan fingerprint density at radius 1 is 1.40 bits per heavy atom. The first-order valence-electron chi connectivity index (χ1n) is 5.34. The van der Waals surface area contributed by atoms with Gasteiger partial charge in [-0.25, -0.2) is 0 Å². The van der Waals surface area contributed by atoms with Crippen molar-refractivity contribution in [2.75, 3.05) is 6.54 Å². The van der Waals surface area contributed by atoms with E-state index >= 15 is 0 Å². The van der Waals surface area contributed by atoms with Crippen molar-refractivity contribution in [2.24, 2.45) is 17.3 Å². The molecule has 0 aromatic rings. The Kier molecular flexibility index (Phi) is 2.40. The first kappa shape index (κ1) is 10.4. The molecule has 2 saturated carbocycles. The lowest BCUT2D eigenvalue weighted by Crippen LogP contribution is -2.30. The zero-order valence-electron chi connectivity index (χ0n) is 8.52. The fraction of sp³-hybridized carbons (Fsp3) is 0.900. The number of rotatable bonds is 4. The van der Waals surface area contributed by atoms with E-state index in [-0.39, 0.29) is 17.9 Å². The molecule has 2 aliphatic rings. The van der Waals surface area contributed by atoms with E-state index in [0.717, 1.165) is 25.7 Å². The topological polar surface area (TPSA) is 80.4 Å². The number of aliphatic carboxylic acids is 1. The van der Waals surface area contributed by atoms with Crippen LogP contribution in [0.2, 0.25) is 0 Å². The van der Waals surface area contributed by atoms with E-state index in [1.807, 2.05) is 0 Å². The monoisotopic (exact) mass is 213 g/mol. The molecule has 2 rings (SSSR count). The van der Waals surface area contributed by atoms with Gasteiger partial charge in [0.05, 0.1) is 6.42 Å². The third-order valence-electron chi connectivity index (χ3n) is 3.96. The Morgan fingerprint density at radius 3 is 2.27 bits per heavy atom. The van der Waals surface area contributed by atoms with E-state index in [9.17, 15) is 14.9 Å². The number of hydrogen-bond donors (Lipinski definition) is 1. The third-order valence-corrected chi connectivity index (χ3v) is 3.96. The summed E-state index contributed by atoms with van der Waals surface area (Å²) >= 11 is 0. The maximum absolute atomic E-state index is 10.8. The van der Waals surface area contributed by atoms with Gasteiger partial charge in [0.25, 0.3) is 0 Å². The number of fused-ring (bicyclic) bond motifs is 1. The average Bonchev–Trinajstić information content (AvgIpc) is 2.26. The largest absolute Gasteiger partial charge is 0.481 e. The molecule has 15 heavy (non-hydrogen) atoms. The van der Waals surface area contributed by atoms with Crippen LogP contribution >= 0.6 is 0 Å². The van der Waals surface area contributed by atoms with Gasteiger partial charge in [0, 0.05) is 10.3 Å². The number of carboxylic acids is 1. The van der Waals surface area contributed by atoms with Gasteiger partial charge in [0.15, 0.2) is 0 Å². The van der Waals surface area contributed by atoms with Gasteiger partial charge in [-0.3, -0.25) is 14.9 Å². The maximum Gasteiger partial charge on any atom is 0.304 e. The van der Waals surface area contributed by atoms with Gasteiger partial charge in [0.1, 0.15) is 0 Å². The fourth-order valence-electron chi connectivity index (χ4n) is 3.30. The summed E-state index contributed by atoms with van der Waals surface area (Å²) in [6.45, 7) is -0.174. The molecule has 0 saturated heterocycles. The van der Waals surface area contributed by atoms with Crippen molar-refractivity contribution in [3.8, 4) is 0 Å². The highest BCUT2D eigenvalue weighted by atomic mass is 16.6. The molecule has 1 unspecified atom stereocenters. The number of hydrogen-bond acceptors (Lipinski definition) is 3. The predicted octanol–water partition coefficient (Wildman–Crippen LogP) is 1.54. The first-order chi connectivity index (χ1) is 7.01. The normalized spacial score (nSPS) is 38.1. The Balaban J connectivity index is 2.08. The predicted molar refractivity (Wildman–Crippen MR) is 52.0 cm³/mol. The van der Waals surface area contributed by atoms with E-state index in [1.54, 1.807) is 0 Å². The summed E-state index contributed by atoms with van der Waals surface area (Å²) < 4.78 is 0. The molecule has 0 spiro atoms. The van der Waals surface area contributed by atoms with Crippen LogP contribution < -0.4 is 0 Å². The van der Waals surface area contributed by atoms with Crippen LogP contribution in [0.3, 0.4) is 0 Å². The summed E-state index contributed by atoms with van der Waals surface area (Å²) in [5.41, 5.74) is -0.554. The molecule has 5 heteroatoms. The second-order valence-electron chi connectivity index (χ2n) is 5.07. The molecule has 0 heterocycles. The lowest BCUT2D eigenvalue weighted by atomic mass is 9.77. The van der Waals surface area contributed by atoms with E-state index in [1.165, 1.54) is 0 Å². The lowest BCUT2D eigenvalue weighted by Gasteiger charge is -2.29. The average molecular weight is 213 g/mol. The van der Waals surface area contributed by atoms with Gasteiger partial charge < -0.3 is 5.11 Å². The number of carbonyl (C=O) groups is 1. The number of nitro groups is 1. The van der Waals surface area contributed by atoms with E-state index in [2.05, 4.69) is 0 Å². The van der Waals surface area contributed by atoms with Crippen LogP contribution in [0.4, 0.5) is 0 Å². The van der Waals surface area contributed by atoms with Gasteiger partial charge in [-0.15, -0.1) is 0 Å². The summed E-state index contributed by atoms with van der Waals surface area (Å²) in [5, 5.41) is 19.4. The highest BCUT2D eigenvalue weighted by molar-refractivity contribution is 5.67. The minimum Gasteiger partial charge on any atom is -0.481 e. The molecule has 0 bridgehead atoms. The molecule has 0 aromatic carbocycles. The molecule has 2 aliphatic carbocycles. The van der Waals surface area contributed by atoms with Gasteiger partial charge in [-0.1, -0.05) is 0 Å². The van der Waals surface area contributed by atoms with Crippen molar-refractivity contribution in [2.45, 2.75) is 32.1 Å². The second kappa shape index (κ2) is 3.47. The molecular formula is C10H15NO4. The molecular weight excluding hydrogens is 198 g/mol. The third kappa shape index (κ3) is 1.96. The Morgan fingerprint density at radius 2 is 1.93 bits per heavy atom. The van der Waals surface area contributed by atoms with E-state index in [4.69, 9.17) is 5.11 Å². The van der Waals surface area contributed by atoms with Crippen LogP contribution in [0.5, 0.6) is 0 Å². The van der Waals surface area contributed by atoms with Crippen molar-refractivity contribution in [1.82, 2.24) is 0 Å². The van der Waals surface area contributed by atoms with Crippen LogP contribution in [-0.4, -0.2) is 22.5 Å². The summed E-state index contributed by atoms with van der Waals surface area (Å²) in [7, 11) is 0. The molecule has 0 aromatic heterocycles. The smallest absolute Gasteiger partial charge is 0.304 e. The van der Waals surface area contributed by atoms with Crippen molar-refractivity contribution < 1.29 is 14.8 Å². The molecule has 84 valence electrons. The van der Waals surface area contributed by atoms with Crippen LogP contribution in [0.15, 0.2) is 0 Å². The fourth-order valence-corrected chi connectivity index (χ4v) is 3.30. The second-order valence-corrected chi connectivity index (χ2v) is 5.07.